The Labute approximate surface area is 157 Å². The second kappa shape index (κ2) is 7.13. The fourth-order valence-electron chi connectivity index (χ4n) is 4.16. The summed E-state index contributed by atoms with van der Waals surface area (Å²) in [6, 6.07) is 2.89. The lowest BCUT2D eigenvalue weighted by atomic mass is 10.1. The number of likely N-dealkylation sites (tertiary alicyclic amines) is 1. The van der Waals surface area contributed by atoms with Gasteiger partial charge in [0, 0.05) is 49.9 Å². The Morgan fingerprint density at radius 2 is 1.85 bits per heavy atom. The van der Waals surface area contributed by atoms with E-state index in [1.165, 1.54) is 12.1 Å². The molecule has 0 bridgehead atoms. The third-order valence-electron chi connectivity index (χ3n) is 5.44. The van der Waals surface area contributed by atoms with Crippen LogP contribution in [0.5, 0.6) is 0 Å². The number of carbonyl (C=O) groups is 2. The number of rotatable bonds is 3. The Balaban J connectivity index is 1.70. The highest BCUT2D eigenvalue weighted by Gasteiger charge is 2.27. The molecule has 2 amide bonds. The number of amides is 2. The van der Waals surface area contributed by atoms with E-state index in [-0.39, 0.29) is 18.4 Å². The molecule has 0 radical (unpaired) electrons. The number of hydrogen-bond donors (Lipinski definition) is 0. The topological polar surface area (TPSA) is 57.9 Å². The molecule has 0 N–H and O–H groups in total. The molecule has 0 spiro atoms. The number of piperidine rings is 1. The van der Waals surface area contributed by atoms with E-state index < -0.39 is 5.82 Å². The van der Waals surface area contributed by atoms with Crippen molar-refractivity contribution in [3.05, 3.63) is 35.3 Å². The molecule has 1 saturated heterocycles. The van der Waals surface area contributed by atoms with Crippen LogP contribution in [0.3, 0.4) is 0 Å². The number of urea groups is 1. The fourth-order valence-corrected chi connectivity index (χ4v) is 4.16. The van der Waals surface area contributed by atoms with Crippen LogP contribution in [0.1, 0.15) is 35.2 Å². The van der Waals surface area contributed by atoms with Gasteiger partial charge in [-0.2, -0.15) is 0 Å². The summed E-state index contributed by atoms with van der Waals surface area (Å²) in [7, 11) is 0. The zero-order chi connectivity index (χ0) is 19.0. The normalized spacial score (nSPS) is 17.1. The highest BCUT2D eigenvalue weighted by Crippen LogP contribution is 2.30. The summed E-state index contributed by atoms with van der Waals surface area (Å²) >= 11 is 0. The monoisotopic (exact) mass is 370 g/mol. The van der Waals surface area contributed by atoms with Gasteiger partial charge >= 0.3 is 6.03 Å². The number of benzene rings is 1. The highest BCUT2D eigenvalue weighted by molar-refractivity contribution is 6.10. The van der Waals surface area contributed by atoms with E-state index in [9.17, 15) is 14.0 Å². The second-order valence-electron chi connectivity index (χ2n) is 7.25. The predicted octanol–water partition coefficient (Wildman–Crippen LogP) is 3.09. The molecular formula is C20H23FN4O2. The van der Waals surface area contributed by atoms with E-state index in [0.717, 1.165) is 43.4 Å². The molecule has 6 nitrogen and oxygen atoms in total. The van der Waals surface area contributed by atoms with Gasteiger partial charge in [0.2, 0.25) is 0 Å². The third kappa shape index (κ3) is 3.22. The average Bonchev–Trinajstić information content (AvgIpc) is 2.93. The first-order valence-electron chi connectivity index (χ1n) is 9.39. The summed E-state index contributed by atoms with van der Waals surface area (Å²) in [6.45, 7) is 6.37. The molecular weight excluding hydrogens is 347 g/mol. The summed E-state index contributed by atoms with van der Waals surface area (Å²) in [4.78, 5) is 32.6. The van der Waals surface area contributed by atoms with Crippen molar-refractivity contribution in [1.29, 1.82) is 0 Å². The van der Waals surface area contributed by atoms with E-state index >= 15 is 0 Å². The molecule has 0 aliphatic carbocycles. The van der Waals surface area contributed by atoms with Crippen LogP contribution in [0.15, 0.2) is 23.3 Å². The van der Waals surface area contributed by atoms with Crippen molar-refractivity contribution in [3.8, 4) is 0 Å². The maximum absolute atomic E-state index is 14.3. The summed E-state index contributed by atoms with van der Waals surface area (Å²) in [6.07, 6.45) is 4.99. The number of nitrogens with zero attached hydrogens (tertiary/aromatic N) is 4. The van der Waals surface area contributed by atoms with E-state index in [1.54, 1.807) is 11.1 Å². The summed E-state index contributed by atoms with van der Waals surface area (Å²) in [5.41, 5.74) is 2.03. The minimum atomic E-state index is -0.400. The Bertz CT molecular complexity index is 914. The number of Topliss-reactive ketones (excluding diaryl/α,β-unsaturated/α-hetero) is 1. The van der Waals surface area contributed by atoms with Gasteiger partial charge in [-0.3, -0.25) is 9.79 Å². The van der Waals surface area contributed by atoms with Crippen LogP contribution in [0.4, 0.5) is 9.18 Å². The van der Waals surface area contributed by atoms with Crippen molar-refractivity contribution in [2.75, 3.05) is 26.2 Å². The maximum Gasteiger partial charge on any atom is 0.320 e. The lowest BCUT2D eigenvalue weighted by molar-refractivity contribution is 0.100. The van der Waals surface area contributed by atoms with Crippen LogP contribution in [-0.2, 0) is 13.1 Å². The molecule has 1 fully saturated rings. The average molecular weight is 370 g/mol. The number of hydrogen-bond acceptors (Lipinski definition) is 3. The van der Waals surface area contributed by atoms with Crippen molar-refractivity contribution < 1.29 is 14.0 Å². The maximum atomic E-state index is 14.3. The van der Waals surface area contributed by atoms with Crippen LogP contribution in [0, 0.1) is 5.82 Å². The molecule has 0 unspecified atom stereocenters. The van der Waals surface area contributed by atoms with Gasteiger partial charge in [-0.1, -0.05) is 0 Å². The van der Waals surface area contributed by atoms with Crippen LogP contribution < -0.4 is 0 Å². The Morgan fingerprint density at radius 1 is 1.07 bits per heavy atom. The Hall–Kier alpha value is -2.70. The van der Waals surface area contributed by atoms with Crippen LogP contribution in [-0.4, -0.2) is 59.1 Å². The molecule has 2 aliphatic rings. The third-order valence-corrected chi connectivity index (χ3v) is 5.44. The van der Waals surface area contributed by atoms with Crippen molar-refractivity contribution in [1.82, 2.24) is 14.4 Å². The predicted molar refractivity (Wildman–Crippen MR) is 102 cm³/mol. The number of carbonyl (C=O) groups excluding carboxylic acids is 2. The number of aromatic nitrogens is 1. The first-order valence-corrected chi connectivity index (χ1v) is 9.39. The molecule has 7 heteroatoms. The molecule has 0 atom stereocenters. The van der Waals surface area contributed by atoms with Gasteiger partial charge < -0.3 is 14.4 Å². The zero-order valence-corrected chi connectivity index (χ0v) is 15.3. The van der Waals surface area contributed by atoms with Crippen molar-refractivity contribution in [3.63, 3.8) is 0 Å². The van der Waals surface area contributed by atoms with Crippen LogP contribution in [0.25, 0.3) is 10.9 Å². The molecule has 1 aromatic heterocycles. The largest absolute Gasteiger partial charge is 0.345 e. The Morgan fingerprint density at radius 3 is 2.59 bits per heavy atom. The van der Waals surface area contributed by atoms with E-state index in [1.807, 2.05) is 9.47 Å². The fraction of sp³-hybridized carbons (Fsp3) is 0.450. The van der Waals surface area contributed by atoms with Gasteiger partial charge in [-0.15, -0.1) is 0 Å². The van der Waals surface area contributed by atoms with E-state index in [4.69, 9.17) is 0 Å². The standard InChI is InChI=1S/C20H23FN4O2/c1-22-11-18(26)17-13-24-7-8-25(20(27)23-5-3-2-4-6-23)12-14-9-15(21)10-16(17)19(14)24/h9-10,13H,1-8,11-12H2. The lowest BCUT2D eigenvalue weighted by Gasteiger charge is -2.32. The van der Waals surface area contributed by atoms with E-state index in [0.29, 0.717) is 30.6 Å². The smallest absolute Gasteiger partial charge is 0.320 e. The van der Waals surface area contributed by atoms with Crippen molar-refractivity contribution >= 4 is 29.4 Å². The Kier molecular flexibility index (Phi) is 4.68. The van der Waals surface area contributed by atoms with Gasteiger partial charge in [0.1, 0.15) is 12.4 Å². The van der Waals surface area contributed by atoms with Crippen LogP contribution in [0.2, 0.25) is 0 Å². The van der Waals surface area contributed by atoms with Crippen LogP contribution >= 0.6 is 0 Å². The molecule has 2 aliphatic heterocycles. The number of halogens is 1. The number of ketones is 1. The van der Waals surface area contributed by atoms with Crippen molar-refractivity contribution in [2.45, 2.75) is 32.4 Å². The van der Waals surface area contributed by atoms with Gasteiger partial charge in [0.15, 0.2) is 5.78 Å². The summed E-state index contributed by atoms with van der Waals surface area (Å²) in [5, 5.41) is 0.589. The molecule has 27 heavy (non-hydrogen) atoms. The first-order chi connectivity index (χ1) is 13.1. The molecule has 2 aromatic rings. The lowest BCUT2D eigenvalue weighted by Crippen LogP contribution is -2.45. The quantitative estimate of drug-likeness (QED) is 0.616. The zero-order valence-electron chi connectivity index (χ0n) is 15.3. The van der Waals surface area contributed by atoms with Gasteiger partial charge in [-0.25, -0.2) is 9.18 Å². The first kappa shape index (κ1) is 17.7. The second-order valence-corrected chi connectivity index (χ2v) is 7.25. The molecule has 3 heterocycles. The molecule has 0 saturated carbocycles. The molecule has 4 rings (SSSR count). The van der Waals surface area contributed by atoms with Gasteiger partial charge in [0.05, 0.1) is 5.52 Å². The summed E-state index contributed by atoms with van der Waals surface area (Å²) < 4.78 is 16.3. The molecule has 1 aromatic carbocycles. The minimum absolute atomic E-state index is 0.0185. The minimum Gasteiger partial charge on any atom is -0.345 e. The highest BCUT2D eigenvalue weighted by atomic mass is 19.1. The SMILES string of the molecule is C=NCC(=O)c1cn2c3c(cc(F)cc13)CN(C(=O)N1CCCCC1)CC2. The van der Waals surface area contributed by atoms with E-state index in [2.05, 4.69) is 11.7 Å². The van der Waals surface area contributed by atoms with Gasteiger partial charge in [-0.05, 0) is 43.7 Å². The van der Waals surface area contributed by atoms with Crippen molar-refractivity contribution in [2.24, 2.45) is 4.99 Å². The molecule has 142 valence electrons. The summed E-state index contributed by atoms with van der Waals surface area (Å²) in [5.74, 6) is -0.574. The number of aliphatic imine (C=N–C) groups is 1. The van der Waals surface area contributed by atoms with Gasteiger partial charge in [0.25, 0.3) is 0 Å².